The molecule has 0 aliphatic carbocycles. The van der Waals surface area contributed by atoms with Crippen LogP contribution in [0.15, 0.2) is 22.7 Å². The first-order valence-electron chi connectivity index (χ1n) is 6.02. The van der Waals surface area contributed by atoms with Gasteiger partial charge in [0.2, 0.25) is 0 Å². The summed E-state index contributed by atoms with van der Waals surface area (Å²) in [5.41, 5.74) is 1.70. The molecule has 0 aliphatic rings. The highest BCUT2D eigenvalue weighted by Crippen LogP contribution is 2.24. The van der Waals surface area contributed by atoms with Crippen molar-refractivity contribution in [1.82, 2.24) is 0 Å². The Balaban J connectivity index is 2.63. The summed E-state index contributed by atoms with van der Waals surface area (Å²) in [6, 6.07) is 7.73. The number of aliphatic hydroxyl groups excluding tert-OH is 1. The summed E-state index contributed by atoms with van der Waals surface area (Å²) >= 11 is 3.39. The average Bonchev–Trinajstić information content (AvgIpc) is 2.33. The maximum Gasteiger partial charge on any atom is 0.0992 e. The Bertz CT molecular complexity index is 438. The maximum atomic E-state index is 8.90. The fourth-order valence-corrected chi connectivity index (χ4v) is 2.24. The fourth-order valence-electron chi connectivity index (χ4n) is 1.74. The van der Waals surface area contributed by atoms with Gasteiger partial charge in [-0.25, -0.2) is 0 Å². The molecule has 0 aromatic heterocycles. The van der Waals surface area contributed by atoms with Crippen LogP contribution >= 0.6 is 15.9 Å². The molecule has 4 heteroatoms. The molecule has 0 bridgehead atoms. The number of hydrogen-bond donors (Lipinski definition) is 2. The van der Waals surface area contributed by atoms with Crippen molar-refractivity contribution in [2.45, 2.75) is 26.7 Å². The molecule has 0 amide bonds. The van der Waals surface area contributed by atoms with E-state index in [0.29, 0.717) is 5.56 Å². The van der Waals surface area contributed by atoms with Gasteiger partial charge in [-0.2, -0.15) is 5.26 Å². The van der Waals surface area contributed by atoms with Crippen molar-refractivity contribution in [2.24, 2.45) is 5.41 Å². The van der Waals surface area contributed by atoms with E-state index in [2.05, 4.69) is 41.2 Å². The lowest BCUT2D eigenvalue weighted by atomic mass is 9.88. The summed E-state index contributed by atoms with van der Waals surface area (Å²) in [6.45, 7) is 5.38. The largest absolute Gasteiger partial charge is 0.396 e. The van der Waals surface area contributed by atoms with E-state index in [0.717, 1.165) is 29.5 Å². The summed E-state index contributed by atoms with van der Waals surface area (Å²) in [4.78, 5) is 0. The van der Waals surface area contributed by atoms with Gasteiger partial charge in [0.1, 0.15) is 0 Å². The van der Waals surface area contributed by atoms with Crippen LogP contribution in [-0.4, -0.2) is 18.3 Å². The van der Waals surface area contributed by atoms with Crippen molar-refractivity contribution in [2.75, 3.05) is 18.5 Å². The molecule has 0 aliphatic heterocycles. The van der Waals surface area contributed by atoms with Gasteiger partial charge in [-0.15, -0.1) is 0 Å². The number of rotatable bonds is 6. The summed E-state index contributed by atoms with van der Waals surface area (Å²) in [5.74, 6) is 0. The molecule has 18 heavy (non-hydrogen) atoms. The van der Waals surface area contributed by atoms with Gasteiger partial charge in [-0.3, -0.25) is 0 Å². The van der Waals surface area contributed by atoms with Crippen molar-refractivity contribution in [3.63, 3.8) is 0 Å². The number of nitrogens with zero attached hydrogens (tertiary/aromatic N) is 1. The SMILES string of the molecule is CC(C)(CCCO)CNc1cc(Br)cc(C#N)c1. The van der Waals surface area contributed by atoms with Crippen LogP contribution in [0.4, 0.5) is 5.69 Å². The summed E-state index contributed by atoms with van der Waals surface area (Å²) in [7, 11) is 0. The van der Waals surface area contributed by atoms with Crippen molar-refractivity contribution in [3.8, 4) is 6.07 Å². The molecule has 3 nitrogen and oxygen atoms in total. The van der Waals surface area contributed by atoms with Crippen LogP contribution in [0.3, 0.4) is 0 Å². The van der Waals surface area contributed by atoms with Crippen LogP contribution < -0.4 is 5.32 Å². The van der Waals surface area contributed by atoms with Gasteiger partial charge in [-0.05, 0) is 36.5 Å². The fraction of sp³-hybridized carbons (Fsp3) is 0.500. The van der Waals surface area contributed by atoms with E-state index >= 15 is 0 Å². The van der Waals surface area contributed by atoms with E-state index in [1.54, 1.807) is 6.07 Å². The highest BCUT2D eigenvalue weighted by Gasteiger charge is 2.16. The van der Waals surface area contributed by atoms with E-state index < -0.39 is 0 Å². The normalized spacial score (nSPS) is 11.1. The zero-order valence-corrected chi connectivity index (χ0v) is 12.4. The van der Waals surface area contributed by atoms with Crippen molar-refractivity contribution in [1.29, 1.82) is 5.26 Å². The number of aliphatic hydroxyl groups is 1. The minimum absolute atomic E-state index is 0.123. The van der Waals surface area contributed by atoms with Crippen LogP contribution in [0.1, 0.15) is 32.3 Å². The van der Waals surface area contributed by atoms with E-state index in [1.807, 2.05) is 12.1 Å². The van der Waals surface area contributed by atoms with E-state index in [4.69, 9.17) is 10.4 Å². The summed E-state index contributed by atoms with van der Waals surface area (Å²) in [5, 5.41) is 21.1. The highest BCUT2D eigenvalue weighted by molar-refractivity contribution is 9.10. The Morgan fingerprint density at radius 1 is 1.39 bits per heavy atom. The third-order valence-corrected chi connectivity index (χ3v) is 3.27. The van der Waals surface area contributed by atoms with Gasteiger partial charge in [0.25, 0.3) is 0 Å². The summed E-state index contributed by atoms with van der Waals surface area (Å²) < 4.78 is 0.900. The Morgan fingerprint density at radius 3 is 2.72 bits per heavy atom. The molecule has 0 saturated carbocycles. The summed E-state index contributed by atoms with van der Waals surface area (Å²) in [6.07, 6.45) is 1.78. The highest BCUT2D eigenvalue weighted by atomic mass is 79.9. The lowest BCUT2D eigenvalue weighted by Crippen LogP contribution is -2.23. The zero-order valence-electron chi connectivity index (χ0n) is 10.8. The van der Waals surface area contributed by atoms with Crippen molar-refractivity contribution >= 4 is 21.6 Å². The maximum absolute atomic E-state index is 8.90. The Hall–Kier alpha value is -1.05. The van der Waals surface area contributed by atoms with Gasteiger partial charge in [-0.1, -0.05) is 29.8 Å². The quantitative estimate of drug-likeness (QED) is 0.845. The van der Waals surface area contributed by atoms with E-state index in [-0.39, 0.29) is 12.0 Å². The number of nitrogens with one attached hydrogen (secondary N) is 1. The van der Waals surface area contributed by atoms with Crippen LogP contribution in [0.2, 0.25) is 0 Å². The molecule has 0 unspecified atom stereocenters. The monoisotopic (exact) mass is 310 g/mol. The second kappa shape index (κ2) is 6.77. The molecular weight excluding hydrogens is 292 g/mol. The first-order valence-corrected chi connectivity index (χ1v) is 6.81. The first-order chi connectivity index (χ1) is 8.46. The molecule has 1 aromatic carbocycles. The van der Waals surface area contributed by atoms with Crippen molar-refractivity contribution < 1.29 is 5.11 Å². The molecule has 0 spiro atoms. The van der Waals surface area contributed by atoms with Gasteiger partial charge in [0, 0.05) is 23.3 Å². The molecule has 1 rings (SSSR count). The lowest BCUT2D eigenvalue weighted by Gasteiger charge is -2.25. The predicted molar refractivity (Wildman–Crippen MR) is 77.4 cm³/mol. The Morgan fingerprint density at radius 2 is 2.11 bits per heavy atom. The smallest absolute Gasteiger partial charge is 0.0992 e. The first kappa shape index (κ1) is 15.0. The van der Waals surface area contributed by atoms with Crippen LogP contribution in [0.5, 0.6) is 0 Å². The van der Waals surface area contributed by atoms with Gasteiger partial charge in [0.15, 0.2) is 0 Å². The molecule has 0 fully saturated rings. The van der Waals surface area contributed by atoms with Gasteiger partial charge >= 0.3 is 0 Å². The molecule has 1 aromatic rings. The van der Waals surface area contributed by atoms with Gasteiger partial charge in [0.05, 0.1) is 11.6 Å². The van der Waals surface area contributed by atoms with Crippen molar-refractivity contribution in [3.05, 3.63) is 28.2 Å². The predicted octanol–water partition coefficient (Wildman–Crippen LogP) is 3.53. The molecule has 0 radical (unpaired) electrons. The topological polar surface area (TPSA) is 56.0 Å². The number of benzene rings is 1. The number of halogens is 1. The van der Waals surface area contributed by atoms with Crippen LogP contribution in [0, 0.1) is 16.7 Å². The third kappa shape index (κ3) is 5.07. The molecular formula is C14H19BrN2O. The second-order valence-electron chi connectivity index (χ2n) is 5.19. The van der Waals surface area contributed by atoms with Crippen LogP contribution in [-0.2, 0) is 0 Å². The minimum Gasteiger partial charge on any atom is -0.396 e. The van der Waals surface area contributed by atoms with E-state index in [1.165, 1.54) is 0 Å². The standard InChI is InChI=1S/C14H19BrN2O/c1-14(2,4-3-5-18)10-17-13-7-11(9-16)6-12(15)8-13/h6-8,17-18H,3-5,10H2,1-2H3. The number of nitriles is 1. The number of anilines is 1. The molecule has 0 saturated heterocycles. The van der Waals surface area contributed by atoms with E-state index in [9.17, 15) is 0 Å². The third-order valence-electron chi connectivity index (χ3n) is 2.81. The lowest BCUT2D eigenvalue weighted by molar-refractivity contribution is 0.248. The number of hydrogen-bond acceptors (Lipinski definition) is 3. The Kier molecular flexibility index (Phi) is 5.64. The zero-order chi connectivity index (χ0) is 13.6. The van der Waals surface area contributed by atoms with Crippen LogP contribution in [0.25, 0.3) is 0 Å². The Labute approximate surface area is 117 Å². The molecule has 0 atom stereocenters. The minimum atomic E-state index is 0.123. The molecule has 0 heterocycles. The molecule has 98 valence electrons. The molecule has 2 N–H and O–H groups in total. The van der Waals surface area contributed by atoms with Gasteiger partial charge < -0.3 is 10.4 Å². The second-order valence-corrected chi connectivity index (χ2v) is 6.10. The average molecular weight is 311 g/mol.